The van der Waals surface area contributed by atoms with Crippen LogP contribution in [-0.4, -0.2) is 6.71 Å². The predicted octanol–water partition coefficient (Wildman–Crippen LogP) is 14.7. The third-order valence-electron chi connectivity index (χ3n) is 13.6. The zero-order chi connectivity index (χ0) is 44.1. The summed E-state index contributed by atoms with van der Waals surface area (Å²) in [4.78, 5) is 7.22. The Labute approximate surface area is 385 Å². The zero-order valence-electron chi connectivity index (χ0n) is 36.9. The summed E-state index contributed by atoms with van der Waals surface area (Å²) in [5.41, 5.74) is 13.8. The summed E-state index contributed by atoms with van der Waals surface area (Å²) in [6.45, 7) is 6.54. The predicted molar refractivity (Wildman–Crippen MR) is 275 cm³/mol. The lowest BCUT2D eigenvalue weighted by Gasteiger charge is -2.44. The molecule has 13 rings (SSSR count). The molecule has 0 saturated heterocycles. The average molecular weight is 850 g/mol. The number of anilines is 9. The Balaban J connectivity index is 1.17. The molecule has 5 nitrogen and oxygen atoms in total. The number of ether oxygens (including phenoxy) is 2. The number of para-hydroxylation sites is 6. The lowest BCUT2D eigenvalue weighted by molar-refractivity contribution is 0.459. The molecule has 0 atom stereocenters. The van der Waals surface area contributed by atoms with Crippen LogP contribution in [0.2, 0.25) is 0 Å². The van der Waals surface area contributed by atoms with Crippen molar-refractivity contribution in [2.45, 2.75) is 26.2 Å². The van der Waals surface area contributed by atoms with Crippen molar-refractivity contribution in [2.24, 2.45) is 0 Å². The first-order chi connectivity index (χ1) is 32.4. The molecule has 0 unspecified atom stereocenters. The lowest BCUT2D eigenvalue weighted by Crippen LogP contribution is -2.58. The van der Waals surface area contributed by atoms with E-state index in [1.807, 2.05) is 0 Å². The first-order valence-electron chi connectivity index (χ1n) is 22.8. The van der Waals surface area contributed by atoms with Crippen LogP contribution >= 0.6 is 0 Å². The van der Waals surface area contributed by atoms with Gasteiger partial charge in [0.25, 0.3) is 6.71 Å². The molecule has 6 heteroatoms. The van der Waals surface area contributed by atoms with Crippen LogP contribution in [0.5, 0.6) is 23.0 Å². The van der Waals surface area contributed by atoms with Crippen LogP contribution in [-0.2, 0) is 5.41 Å². The monoisotopic (exact) mass is 849 g/mol. The minimum atomic E-state index is -0.243. The first kappa shape index (κ1) is 38.3. The standard InChI is InChI=1S/C60H44BN3O2/c1-60(2,3)39-36-51-56-52(37-39)66-59-55(61(56)54-45-31-17-16-30-44(45)50(38-53(54)65-51)62(40-22-8-4-9-23-40)41-24-10-5-11-25-41)46-32-18-19-33-47(46)57-58(59)64(43-28-14-7-15-29-43)49-35-21-20-34-48(49)63(57)42-26-12-6-13-27-42/h4-38H,1-3H3. The average Bonchev–Trinajstić information content (AvgIpc) is 3.36. The minimum Gasteiger partial charge on any atom is -0.458 e. The summed E-state index contributed by atoms with van der Waals surface area (Å²) >= 11 is 0. The Hall–Kier alpha value is -8.22. The fourth-order valence-corrected chi connectivity index (χ4v) is 10.7. The van der Waals surface area contributed by atoms with Crippen molar-refractivity contribution in [1.82, 2.24) is 0 Å². The third-order valence-corrected chi connectivity index (χ3v) is 13.6. The van der Waals surface area contributed by atoms with Gasteiger partial charge in [0.15, 0.2) is 0 Å². The van der Waals surface area contributed by atoms with E-state index in [-0.39, 0.29) is 12.1 Å². The summed E-state index contributed by atoms with van der Waals surface area (Å²) in [7, 11) is 0. The van der Waals surface area contributed by atoms with Crippen molar-refractivity contribution in [3.8, 4) is 23.0 Å². The maximum Gasteiger partial charge on any atom is 0.262 e. The van der Waals surface area contributed by atoms with Crippen LogP contribution in [0, 0.1) is 0 Å². The summed E-state index contributed by atoms with van der Waals surface area (Å²) < 4.78 is 15.0. The van der Waals surface area contributed by atoms with Gasteiger partial charge in [-0.15, -0.1) is 0 Å². The smallest absolute Gasteiger partial charge is 0.262 e. The van der Waals surface area contributed by atoms with Gasteiger partial charge in [-0.25, -0.2) is 0 Å². The number of rotatable bonds is 5. The molecule has 0 saturated carbocycles. The first-order valence-corrected chi connectivity index (χ1v) is 22.8. The highest BCUT2D eigenvalue weighted by atomic mass is 16.5. The van der Waals surface area contributed by atoms with Gasteiger partial charge in [0, 0.05) is 45.1 Å². The van der Waals surface area contributed by atoms with Gasteiger partial charge in [-0.2, -0.15) is 0 Å². The van der Waals surface area contributed by atoms with Crippen LogP contribution in [0.15, 0.2) is 212 Å². The summed E-state index contributed by atoms with van der Waals surface area (Å²) in [5.74, 6) is 3.32. The van der Waals surface area contributed by atoms with Crippen molar-refractivity contribution in [3.05, 3.63) is 218 Å². The molecule has 0 radical (unpaired) electrons. The number of nitrogens with zero attached hydrogens (tertiary/aromatic N) is 3. The molecule has 3 heterocycles. The van der Waals surface area contributed by atoms with E-state index in [0.29, 0.717) is 0 Å². The lowest BCUT2D eigenvalue weighted by atomic mass is 9.33. The molecule has 10 aromatic rings. The minimum absolute atomic E-state index is 0.192. The Morgan fingerprint density at radius 1 is 0.409 bits per heavy atom. The molecule has 3 aliphatic rings. The van der Waals surface area contributed by atoms with Gasteiger partial charge in [0.2, 0.25) is 0 Å². The van der Waals surface area contributed by atoms with Crippen molar-refractivity contribution in [1.29, 1.82) is 0 Å². The highest BCUT2D eigenvalue weighted by Gasteiger charge is 2.47. The second-order valence-corrected chi connectivity index (χ2v) is 18.4. The van der Waals surface area contributed by atoms with Crippen molar-refractivity contribution >= 4 is 95.8 Å². The zero-order valence-corrected chi connectivity index (χ0v) is 36.9. The van der Waals surface area contributed by atoms with Crippen LogP contribution in [0.4, 0.5) is 51.2 Å². The maximum atomic E-state index is 7.67. The molecule has 0 aliphatic carbocycles. The molecule has 0 aromatic heterocycles. The van der Waals surface area contributed by atoms with Gasteiger partial charge in [-0.1, -0.05) is 154 Å². The van der Waals surface area contributed by atoms with E-state index >= 15 is 0 Å². The number of hydrogen-bond donors (Lipinski definition) is 0. The highest BCUT2D eigenvalue weighted by Crippen LogP contribution is 2.60. The molecule has 0 amide bonds. The SMILES string of the molecule is CC(C)(C)c1cc2c3c(c1)Oc1c4c(c5ccccc5c1B3c1c(cc(N(c3ccccc3)c3ccccc3)c3ccccc13)O2)N(c1ccccc1)c1ccccc1N4c1ccccc1. The van der Waals surface area contributed by atoms with Gasteiger partial charge in [-0.05, 0) is 105 Å². The Bertz CT molecular complexity index is 3500. The van der Waals surface area contributed by atoms with Crippen molar-refractivity contribution in [2.75, 3.05) is 14.7 Å². The fraction of sp³-hybridized carbons (Fsp3) is 0.0667. The molecule has 314 valence electrons. The van der Waals surface area contributed by atoms with Crippen molar-refractivity contribution < 1.29 is 9.47 Å². The Kier molecular flexibility index (Phi) is 8.50. The van der Waals surface area contributed by atoms with E-state index in [0.717, 1.165) is 118 Å². The van der Waals surface area contributed by atoms with Crippen LogP contribution < -0.4 is 40.6 Å². The van der Waals surface area contributed by atoms with E-state index in [1.165, 1.54) is 0 Å². The summed E-state index contributed by atoms with van der Waals surface area (Å²) in [6, 6.07) is 76.1. The Morgan fingerprint density at radius 3 is 1.41 bits per heavy atom. The molecule has 0 fully saturated rings. The third kappa shape index (κ3) is 5.74. The van der Waals surface area contributed by atoms with Gasteiger partial charge in [-0.3, -0.25) is 0 Å². The normalized spacial score (nSPS) is 13.2. The molecule has 0 spiro atoms. The van der Waals surface area contributed by atoms with Gasteiger partial charge < -0.3 is 24.2 Å². The highest BCUT2D eigenvalue weighted by molar-refractivity contribution is 7.01. The maximum absolute atomic E-state index is 7.67. The number of hydrogen-bond acceptors (Lipinski definition) is 5. The molecular weight excluding hydrogens is 805 g/mol. The molecular formula is C60H44BN3O2. The topological polar surface area (TPSA) is 28.2 Å². The Morgan fingerprint density at radius 2 is 0.848 bits per heavy atom. The van der Waals surface area contributed by atoms with Crippen molar-refractivity contribution in [3.63, 3.8) is 0 Å². The van der Waals surface area contributed by atoms with Crippen LogP contribution in [0.25, 0.3) is 21.5 Å². The van der Waals surface area contributed by atoms with E-state index in [1.54, 1.807) is 0 Å². The van der Waals surface area contributed by atoms with Gasteiger partial charge in [0.1, 0.15) is 28.7 Å². The quantitative estimate of drug-likeness (QED) is 0.161. The fourth-order valence-electron chi connectivity index (χ4n) is 10.7. The van der Waals surface area contributed by atoms with Crippen LogP contribution in [0.3, 0.4) is 0 Å². The second kappa shape index (κ2) is 14.7. The van der Waals surface area contributed by atoms with E-state index in [9.17, 15) is 0 Å². The molecule has 10 aromatic carbocycles. The van der Waals surface area contributed by atoms with Gasteiger partial charge in [0.05, 0.1) is 22.7 Å². The van der Waals surface area contributed by atoms with E-state index in [4.69, 9.17) is 9.47 Å². The van der Waals surface area contributed by atoms with E-state index < -0.39 is 0 Å². The number of fused-ring (bicyclic) bond motifs is 12. The largest absolute Gasteiger partial charge is 0.458 e. The summed E-state index contributed by atoms with van der Waals surface area (Å²) in [6.07, 6.45) is 0. The molecule has 0 N–H and O–H groups in total. The van der Waals surface area contributed by atoms with E-state index in [2.05, 4.69) is 248 Å². The molecule has 3 aliphatic heterocycles. The molecule has 66 heavy (non-hydrogen) atoms. The van der Waals surface area contributed by atoms with Crippen LogP contribution in [0.1, 0.15) is 26.3 Å². The molecule has 0 bridgehead atoms. The number of benzene rings is 10. The summed E-state index contributed by atoms with van der Waals surface area (Å²) in [5, 5.41) is 4.54. The second-order valence-electron chi connectivity index (χ2n) is 18.4. The van der Waals surface area contributed by atoms with Gasteiger partial charge >= 0.3 is 0 Å².